The van der Waals surface area contributed by atoms with Gasteiger partial charge in [-0.05, 0) is 83.5 Å². The van der Waals surface area contributed by atoms with Crippen LogP contribution in [0, 0.1) is 0 Å². The third-order valence-corrected chi connectivity index (χ3v) is 11.5. The predicted molar refractivity (Wildman–Crippen MR) is 269 cm³/mol. The van der Waals surface area contributed by atoms with Crippen molar-refractivity contribution in [3.05, 3.63) is 97.2 Å². The molecule has 0 heterocycles. The van der Waals surface area contributed by atoms with Crippen molar-refractivity contribution >= 4 is 13.7 Å². The van der Waals surface area contributed by atoms with Crippen molar-refractivity contribution < 1.29 is 32.9 Å². The van der Waals surface area contributed by atoms with Crippen molar-refractivity contribution in [3.63, 3.8) is 0 Å². The van der Waals surface area contributed by atoms with Crippen LogP contribution in [-0.4, -0.2) is 68.5 Å². The number of phosphoric acid groups is 1. The van der Waals surface area contributed by atoms with Gasteiger partial charge in [-0.3, -0.25) is 9.36 Å². The summed E-state index contributed by atoms with van der Waals surface area (Å²) in [5, 5.41) is 13.8. The minimum absolute atomic E-state index is 0.0249. The second-order valence-electron chi connectivity index (χ2n) is 17.8. The molecule has 0 aromatic heterocycles. The van der Waals surface area contributed by atoms with Gasteiger partial charge in [0.15, 0.2) is 0 Å². The van der Waals surface area contributed by atoms with Crippen LogP contribution >= 0.6 is 7.82 Å². The van der Waals surface area contributed by atoms with Gasteiger partial charge in [-0.1, -0.05) is 195 Å². The predicted octanol–water partition coefficient (Wildman–Crippen LogP) is 14.1. The molecular weight excluding hydrogens is 804 g/mol. The van der Waals surface area contributed by atoms with Crippen LogP contribution < -0.4 is 10.2 Å². The average Bonchev–Trinajstić information content (AvgIpc) is 3.24. The number of phosphoric ester groups is 1. The summed E-state index contributed by atoms with van der Waals surface area (Å²) in [6, 6.07) is -0.946. The first-order valence-corrected chi connectivity index (χ1v) is 26.6. The lowest BCUT2D eigenvalue weighted by molar-refractivity contribution is -0.870. The molecule has 0 spiro atoms. The second kappa shape index (κ2) is 44.6. The maximum atomic E-state index is 12.9. The number of nitrogens with one attached hydrogen (secondary N) is 1. The highest BCUT2D eigenvalue weighted by molar-refractivity contribution is 7.45. The van der Waals surface area contributed by atoms with E-state index in [1.165, 1.54) is 96.3 Å². The lowest BCUT2D eigenvalue weighted by Gasteiger charge is -2.29. The van der Waals surface area contributed by atoms with E-state index in [9.17, 15) is 19.4 Å². The first kappa shape index (κ1) is 60.4. The Kier molecular flexibility index (Phi) is 42.8. The maximum absolute atomic E-state index is 12.9. The first-order chi connectivity index (χ1) is 30.5. The van der Waals surface area contributed by atoms with Gasteiger partial charge in [-0.2, -0.15) is 0 Å². The molecule has 0 saturated heterocycles. The van der Waals surface area contributed by atoms with Crippen molar-refractivity contribution in [1.29, 1.82) is 0 Å². The van der Waals surface area contributed by atoms with E-state index in [1.807, 2.05) is 27.2 Å². The zero-order valence-electron chi connectivity index (χ0n) is 41.0. The fourth-order valence-corrected chi connectivity index (χ4v) is 7.29. The van der Waals surface area contributed by atoms with Crippen LogP contribution in [0.5, 0.6) is 0 Å². The first-order valence-electron chi connectivity index (χ1n) is 25.1. The van der Waals surface area contributed by atoms with Gasteiger partial charge < -0.3 is 28.8 Å². The van der Waals surface area contributed by atoms with Crippen LogP contribution in [0.15, 0.2) is 97.2 Å². The highest BCUT2D eigenvalue weighted by Crippen LogP contribution is 2.38. The third-order valence-electron chi connectivity index (χ3n) is 10.5. The summed E-state index contributed by atoms with van der Waals surface area (Å²) in [6.07, 6.45) is 63.4. The smallest absolute Gasteiger partial charge is 0.268 e. The van der Waals surface area contributed by atoms with Crippen molar-refractivity contribution in [1.82, 2.24) is 5.32 Å². The van der Waals surface area contributed by atoms with E-state index >= 15 is 0 Å². The number of amides is 1. The normalized spacial score (nSPS) is 15.0. The number of nitrogens with zero attached hydrogens (tertiary/aromatic N) is 1. The van der Waals surface area contributed by atoms with E-state index in [0.717, 1.165) is 57.8 Å². The van der Waals surface area contributed by atoms with Crippen molar-refractivity contribution in [2.45, 2.75) is 199 Å². The lowest BCUT2D eigenvalue weighted by atomic mass is 10.0. The van der Waals surface area contributed by atoms with Gasteiger partial charge in [-0.15, -0.1) is 0 Å². The Balaban J connectivity index is 4.49. The molecule has 9 heteroatoms. The quantitative estimate of drug-likeness (QED) is 0.0273. The van der Waals surface area contributed by atoms with Crippen molar-refractivity contribution in [2.75, 3.05) is 40.9 Å². The fraction of sp³-hybridized carbons (Fsp3) is 0.685. The summed E-state index contributed by atoms with van der Waals surface area (Å²) < 4.78 is 23.2. The Labute approximate surface area is 388 Å². The summed E-state index contributed by atoms with van der Waals surface area (Å²) >= 11 is 0. The highest BCUT2D eigenvalue weighted by atomic mass is 31.2. The topological polar surface area (TPSA) is 108 Å². The van der Waals surface area contributed by atoms with Gasteiger partial charge in [-0.25, -0.2) is 0 Å². The standard InChI is InChI=1S/C54H95N2O6P/c1-6-8-10-12-14-16-18-20-22-24-25-26-27-28-29-30-32-33-35-37-39-41-43-45-47-53(57)52(51-62-63(59,60)61-50-49-56(3,4)5)55-54(58)48-46-44-42-40-38-36-34-31-23-21-19-17-15-13-11-9-7-2/h9,11,15,17,21,23,30,32,34,36-37,39-40,42,45,47,52-53,57H,6-8,10,12-14,16,18-20,22,24-29,31,33,35,38,41,43-44,46,48-51H2,1-5H3,(H-,55,58,59,60)/b11-9-,17-15-,23-21-,32-30+,36-34-,39-37+,42-40-,47-45+. The Hall–Kier alpha value is -2.58. The van der Waals surface area contributed by atoms with Gasteiger partial charge in [0.05, 0.1) is 39.9 Å². The molecule has 0 aromatic rings. The fourth-order valence-electron chi connectivity index (χ4n) is 6.57. The van der Waals surface area contributed by atoms with Crippen molar-refractivity contribution in [3.8, 4) is 0 Å². The summed E-state index contributed by atoms with van der Waals surface area (Å²) in [5.41, 5.74) is 0. The SMILES string of the molecule is CC/C=C\C/C=C\C/C=C\C/C=C\C/C=C\CCCC(=O)NC(COP(=O)([O-])OCC[N+](C)(C)C)C(O)/C=C/CC/C=C/CC/C=C/CCCCCCCCCCCCCCCC. The van der Waals surface area contributed by atoms with Crippen LogP contribution in [0.3, 0.4) is 0 Å². The van der Waals surface area contributed by atoms with E-state index in [-0.39, 0.29) is 18.9 Å². The third kappa shape index (κ3) is 47.2. The van der Waals surface area contributed by atoms with Gasteiger partial charge in [0.1, 0.15) is 13.2 Å². The molecule has 0 aliphatic rings. The molecule has 0 bridgehead atoms. The average molecular weight is 899 g/mol. The van der Waals surface area contributed by atoms with Crippen LogP contribution in [0.4, 0.5) is 0 Å². The number of hydrogen-bond donors (Lipinski definition) is 2. The molecule has 8 nitrogen and oxygen atoms in total. The summed E-state index contributed by atoms with van der Waals surface area (Å²) in [4.78, 5) is 25.3. The number of hydrogen-bond acceptors (Lipinski definition) is 6. The maximum Gasteiger partial charge on any atom is 0.268 e. The zero-order chi connectivity index (χ0) is 46.4. The largest absolute Gasteiger partial charge is 0.756 e. The number of quaternary nitrogens is 1. The minimum atomic E-state index is -4.63. The molecule has 0 radical (unpaired) electrons. The molecule has 0 fully saturated rings. The van der Waals surface area contributed by atoms with Gasteiger partial charge in [0, 0.05) is 6.42 Å². The molecule has 2 N–H and O–H groups in total. The number of aliphatic hydroxyl groups excluding tert-OH is 1. The molecule has 1 amide bonds. The van der Waals surface area contributed by atoms with E-state index in [1.54, 1.807) is 6.08 Å². The minimum Gasteiger partial charge on any atom is -0.756 e. The molecule has 362 valence electrons. The molecule has 3 atom stereocenters. The molecule has 0 saturated carbocycles. The Morgan fingerprint density at radius 2 is 0.984 bits per heavy atom. The molecule has 0 rings (SSSR count). The summed E-state index contributed by atoms with van der Waals surface area (Å²) in [7, 11) is 1.18. The monoisotopic (exact) mass is 899 g/mol. The van der Waals surface area contributed by atoms with Crippen LogP contribution in [0.2, 0.25) is 0 Å². The van der Waals surface area contributed by atoms with E-state index < -0.39 is 26.6 Å². The van der Waals surface area contributed by atoms with E-state index in [0.29, 0.717) is 23.9 Å². The Morgan fingerprint density at radius 1 is 0.571 bits per heavy atom. The molecular formula is C54H95N2O6P. The van der Waals surface area contributed by atoms with Crippen LogP contribution in [0.1, 0.15) is 187 Å². The zero-order valence-corrected chi connectivity index (χ0v) is 41.9. The number of likely N-dealkylation sites (N-methyl/N-ethyl adjacent to an activating group) is 1. The number of carbonyl (C=O) groups excluding carboxylic acids is 1. The Morgan fingerprint density at radius 3 is 1.48 bits per heavy atom. The number of carbonyl (C=O) groups is 1. The molecule has 0 aromatic carbocycles. The second-order valence-corrected chi connectivity index (χ2v) is 19.2. The van der Waals surface area contributed by atoms with E-state index in [2.05, 4.69) is 104 Å². The Bertz CT molecular complexity index is 1340. The number of allylic oxidation sites excluding steroid dienone is 15. The summed E-state index contributed by atoms with van der Waals surface area (Å²) in [6.45, 7) is 4.45. The van der Waals surface area contributed by atoms with Gasteiger partial charge in [0.2, 0.25) is 5.91 Å². The molecule has 63 heavy (non-hydrogen) atoms. The lowest BCUT2D eigenvalue weighted by Crippen LogP contribution is -2.45. The van der Waals surface area contributed by atoms with Crippen molar-refractivity contribution in [2.24, 2.45) is 0 Å². The summed E-state index contributed by atoms with van der Waals surface area (Å²) in [5.74, 6) is -0.272. The molecule has 0 aliphatic carbocycles. The van der Waals surface area contributed by atoms with E-state index in [4.69, 9.17) is 9.05 Å². The number of aliphatic hydroxyl groups is 1. The van der Waals surface area contributed by atoms with Gasteiger partial charge >= 0.3 is 0 Å². The number of rotatable bonds is 44. The highest BCUT2D eigenvalue weighted by Gasteiger charge is 2.23. The molecule has 3 unspecified atom stereocenters. The van der Waals surface area contributed by atoms with Gasteiger partial charge in [0.25, 0.3) is 7.82 Å². The number of unbranched alkanes of at least 4 members (excludes halogenated alkanes) is 17. The molecule has 0 aliphatic heterocycles. The van der Waals surface area contributed by atoms with Crippen LogP contribution in [0.25, 0.3) is 0 Å². The van der Waals surface area contributed by atoms with Crippen LogP contribution in [-0.2, 0) is 18.4 Å².